The van der Waals surface area contributed by atoms with E-state index in [0.29, 0.717) is 33.5 Å². The Labute approximate surface area is 150 Å². The molecule has 2 aromatic carbocycles. The highest BCUT2D eigenvalue weighted by Gasteiger charge is 2.18. The minimum Gasteiger partial charge on any atom is -0.497 e. The maximum Gasteiger partial charge on any atom is 0.257 e. The van der Waals surface area contributed by atoms with Gasteiger partial charge in [-0.3, -0.25) is 19.0 Å². The summed E-state index contributed by atoms with van der Waals surface area (Å²) in [5.41, 5.74) is 2.13. The van der Waals surface area contributed by atoms with Crippen LogP contribution in [0.3, 0.4) is 0 Å². The third kappa shape index (κ3) is 3.21. The van der Waals surface area contributed by atoms with Crippen LogP contribution in [-0.4, -0.2) is 29.3 Å². The summed E-state index contributed by atoms with van der Waals surface area (Å²) in [6, 6.07) is 11.8. The van der Waals surface area contributed by atoms with E-state index in [2.05, 4.69) is 5.32 Å². The van der Waals surface area contributed by atoms with Crippen LogP contribution in [-0.2, 0) is 0 Å². The van der Waals surface area contributed by atoms with Gasteiger partial charge in [-0.1, -0.05) is 0 Å². The van der Waals surface area contributed by atoms with E-state index < -0.39 is 0 Å². The molecule has 0 spiro atoms. The standard InChI is InChI=1S/C20H18N2O4/c1-12(23)14-4-6-15(7-5-14)21-20(25)18-11-22(13(2)24)19-9-8-16(26-3)10-17(18)19/h4-11H,1-3H3,(H,21,25). The molecule has 0 fully saturated rings. The quantitative estimate of drug-likeness (QED) is 0.727. The van der Waals surface area contributed by atoms with Gasteiger partial charge >= 0.3 is 0 Å². The average Bonchev–Trinajstić information content (AvgIpc) is 3.01. The predicted octanol–water partition coefficient (Wildman–Crippen LogP) is 3.76. The Morgan fingerprint density at radius 1 is 1.00 bits per heavy atom. The Morgan fingerprint density at radius 2 is 1.69 bits per heavy atom. The van der Waals surface area contributed by atoms with Crippen molar-refractivity contribution in [3.05, 3.63) is 59.8 Å². The zero-order valence-corrected chi connectivity index (χ0v) is 14.7. The molecule has 1 heterocycles. The first-order chi connectivity index (χ1) is 12.4. The van der Waals surface area contributed by atoms with Crippen molar-refractivity contribution >= 4 is 34.2 Å². The van der Waals surface area contributed by atoms with Gasteiger partial charge in [0.05, 0.1) is 18.2 Å². The van der Waals surface area contributed by atoms with E-state index in [9.17, 15) is 14.4 Å². The van der Waals surface area contributed by atoms with Gasteiger partial charge in [-0.2, -0.15) is 0 Å². The van der Waals surface area contributed by atoms with Crippen LogP contribution in [0.25, 0.3) is 10.9 Å². The number of nitrogens with one attached hydrogen (secondary N) is 1. The van der Waals surface area contributed by atoms with Crippen LogP contribution < -0.4 is 10.1 Å². The highest BCUT2D eigenvalue weighted by Crippen LogP contribution is 2.27. The van der Waals surface area contributed by atoms with Crippen LogP contribution in [0.15, 0.2) is 48.7 Å². The number of ether oxygens (including phenoxy) is 1. The van der Waals surface area contributed by atoms with Gasteiger partial charge < -0.3 is 10.1 Å². The normalized spacial score (nSPS) is 10.6. The van der Waals surface area contributed by atoms with Gasteiger partial charge in [0, 0.05) is 29.8 Å². The molecule has 0 aliphatic heterocycles. The van der Waals surface area contributed by atoms with Gasteiger partial charge in [0.2, 0.25) is 5.91 Å². The highest BCUT2D eigenvalue weighted by atomic mass is 16.5. The van der Waals surface area contributed by atoms with E-state index in [1.807, 2.05) is 0 Å². The molecule has 26 heavy (non-hydrogen) atoms. The van der Waals surface area contributed by atoms with Crippen LogP contribution in [0.4, 0.5) is 5.69 Å². The molecule has 0 saturated carbocycles. The number of carbonyl (C=O) groups is 3. The van der Waals surface area contributed by atoms with Gasteiger partial charge in [0.15, 0.2) is 5.78 Å². The van der Waals surface area contributed by atoms with E-state index in [-0.39, 0.29) is 17.6 Å². The highest BCUT2D eigenvalue weighted by molar-refractivity contribution is 6.14. The second-order valence-corrected chi connectivity index (χ2v) is 5.90. The molecule has 0 unspecified atom stereocenters. The molecule has 0 atom stereocenters. The zero-order valence-electron chi connectivity index (χ0n) is 14.7. The van der Waals surface area contributed by atoms with E-state index in [1.165, 1.54) is 24.6 Å². The molecule has 6 heteroatoms. The molecule has 0 bridgehead atoms. The fourth-order valence-electron chi connectivity index (χ4n) is 2.76. The van der Waals surface area contributed by atoms with Crippen LogP contribution in [0.1, 0.15) is 39.4 Å². The summed E-state index contributed by atoms with van der Waals surface area (Å²) >= 11 is 0. The van der Waals surface area contributed by atoms with Gasteiger partial charge in [0.1, 0.15) is 5.75 Å². The predicted molar refractivity (Wildman–Crippen MR) is 99.2 cm³/mol. The zero-order chi connectivity index (χ0) is 18.8. The van der Waals surface area contributed by atoms with Gasteiger partial charge in [-0.05, 0) is 49.4 Å². The van der Waals surface area contributed by atoms with Crippen molar-refractivity contribution in [1.82, 2.24) is 4.57 Å². The Hall–Kier alpha value is -3.41. The Morgan fingerprint density at radius 3 is 2.27 bits per heavy atom. The first-order valence-corrected chi connectivity index (χ1v) is 8.03. The van der Waals surface area contributed by atoms with Crippen LogP contribution in [0.2, 0.25) is 0 Å². The van der Waals surface area contributed by atoms with Crippen LogP contribution in [0.5, 0.6) is 5.75 Å². The molecular formula is C20H18N2O4. The number of carbonyl (C=O) groups excluding carboxylic acids is 3. The Balaban J connectivity index is 1.99. The molecule has 0 saturated heterocycles. The van der Waals surface area contributed by atoms with Gasteiger partial charge in [-0.25, -0.2) is 0 Å². The second kappa shape index (κ2) is 6.84. The topological polar surface area (TPSA) is 77.4 Å². The third-order valence-electron chi connectivity index (χ3n) is 4.14. The molecule has 1 N–H and O–H groups in total. The van der Waals surface area contributed by atoms with Crippen molar-refractivity contribution in [2.75, 3.05) is 12.4 Å². The first kappa shape index (κ1) is 17.4. The number of rotatable bonds is 4. The molecule has 1 amide bonds. The maximum absolute atomic E-state index is 12.7. The smallest absolute Gasteiger partial charge is 0.257 e. The number of fused-ring (bicyclic) bond motifs is 1. The van der Waals surface area contributed by atoms with E-state index >= 15 is 0 Å². The monoisotopic (exact) mass is 350 g/mol. The fraction of sp³-hybridized carbons (Fsp3) is 0.150. The molecule has 0 radical (unpaired) electrons. The lowest BCUT2D eigenvalue weighted by Crippen LogP contribution is -2.12. The molecule has 6 nitrogen and oxygen atoms in total. The summed E-state index contributed by atoms with van der Waals surface area (Å²) in [6.07, 6.45) is 1.52. The van der Waals surface area contributed by atoms with Crippen molar-refractivity contribution in [3.8, 4) is 5.75 Å². The van der Waals surface area contributed by atoms with Crippen LogP contribution in [0, 0.1) is 0 Å². The Kier molecular flexibility index (Phi) is 4.58. The molecule has 3 aromatic rings. The van der Waals surface area contributed by atoms with Crippen molar-refractivity contribution < 1.29 is 19.1 Å². The third-order valence-corrected chi connectivity index (χ3v) is 4.14. The van der Waals surface area contributed by atoms with Crippen molar-refractivity contribution in [3.63, 3.8) is 0 Å². The van der Waals surface area contributed by atoms with E-state index in [4.69, 9.17) is 4.74 Å². The van der Waals surface area contributed by atoms with Gasteiger partial charge in [-0.15, -0.1) is 0 Å². The average molecular weight is 350 g/mol. The minimum absolute atomic E-state index is 0.0421. The number of anilines is 1. The molecule has 0 aliphatic rings. The molecule has 3 rings (SSSR count). The lowest BCUT2D eigenvalue weighted by molar-refractivity contribution is 0.0940. The fourth-order valence-corrected chi connectivity index (χ4v) is 2.76. The lowest BCUT2D eigenvalue weighted by atomic mass is 10.1. The summed E-state index contributed by atoms with van der Waals surface area (Å²) in [4.78, 5) is 36.0. The Bertz CT molecular complexity index is 1020. The largest absolute Gasteiger partial charge is 0.497 e. The van der Waals surface area contributed by atoms with E-state index in [0.717, 1.165) is 0 Å². The second-order valence-electron chi connectivity index (χ2n) is 5.90. The summed E-state index contributed by atoms with van der Waals surface area (Å²) in [5.74, 6) is 0.0158. The van der Waals surface area contributed by atoms with Crippen LogP contribution >= 0.6 is 0 Å². The number of hydrogen-bond donors (Lipinski definition) is 1. The minimum atomic E-state index is -0.348. The number of Topliss-reactive ketones (excluding diaryl/α,β-unsaturated/α-hetero) is 1. The first-order valence-electron chi connectivity index (χ1n) is 8.03. The van der Waals surface area contributed by atoms with Crippen molar-refractivity contribution in [1.29, 1.82) is 0 Å². The number of ketones is 1. The molecule has 1 aromatic heterocycles. The molecular weight excluding hydrogens is 332 g/mol. The molecule has 132 valence electrons. The van der Waals surface area contributed by atoms with Crippen molar-refractivity contribution in [2.24, 2.45) is 0 Å². The lowest BCUT2D eigenvalue weighted by Gasteiger charge is -2.05. The number of nitrogens with zero attached hydrogens (tertiary/aromatic N) is 1. The summed E-state index contributed by atoms with van der Waals surface area (Å²) in [5, 5.41) is 3.41. The number of amides is 1. The van der Waals surface area contributed by atoms with Gasteiger partial charge in [0.25, 0.3) is 5.91 Å². The summed E-state index contributed by atoms with van der Waals surface area (Å²) < 4.78 is 6.66. The SMILES string of the molecule is COc1ccc2c(c1)c(C(=O)Nc1ccc(C(C)=O)cc1)cn2C(C)=O. The molecule has 0 aliphatic carbocycles. The summed E-state index contributed by atoms with van der Waals surface area (Å²) in [7, 11) is 1.54. The maximum atomic E-state index is 12.7. The van der Waals surface area contributed by atoms with E-state index in [1.54, 1.807) is 49.6 Å². The van der Waals surface area contributed by atoms with Crippen molar-refractivity contribution in [2.45, 2.75) is 13.8 Å². The summed E-state index contributed by atoms with van der Waals surface area (Å²) in [6.45, 7) is 2.92. The number of methoxy groups -OCH3 is 1. The number of benzene rings is 2. The number of aromatic nitrogens is 1. The number of hydrogen-bond acceptors (Lipinski definition) is 4.